The number of carbonyl (C=O) groups is 1. The Hall–Kier alpha value is -1.03. The summed E-state index contributed by atoms with van der Waals surface area (Å²) in [5.74, 6) is 0.0530. The number of anilines is 1. The predicted octanol–water partition coefficient (Wildman–Crippen LogP) is 3.15. The van der Waals surface area contributed by atoms with Gasteiger partial charge in [-0.05, 0) is 25.3 Å². The van der Waals surface area contributed by atoms with Gasteiger partial charge in [-0.3, -0.25) is 4.79 Å². The van der Waals surface area contributed by atoms with Crippen LogP contribution in [0.25, 0.3) is 0 Å². The Morgan fingerprint density at radius 1 is 1.47 bits per heavy atom. The molecule has 2 N–H and O–H groups in total. The van der Waals surface area contributed by atoms with Gasteiger partial charge in [0, 0.05) is 23.7 Å². The van der Waals surface area contributed by atoms with Gasteiger partial charge in [0.2, 0.25) is 0 Å². The zero-order chi connectivity index (χ0) is 13.4. The minimum Gasteiger partial charge on any atom is -0.398 e. The number of nitrogen functional groups attached to an aromatic ring is 1. The summed E-state index contributed by atoms with van der Waals surface area (Å²) in [6.45, 7) is 10.4. The largest absolute Gasteiger partial charge is 0.398 e. The van der Waals surface area contributed by atoms with Crippen LogP contribution in [0.1, 0.15) is 42.2 Å². The molecule has 96 valence electrons. The van der Waals surface area contributed by atoms with Gasteiger partial charge >= 0.3 is 0 Å². The van der Waals surface area contributed by atoms with E-state index in [1.165, 1.54) is 11.3 Å². The number of amides is 1. The van der Waals surface area contributed by atoms with Crippen molar-refractivity contribution >= 4 is 22.9 Å². The van der Waals surface area contributed by atoms with E-state index in [2.05, 4.69) is 27.7 Å². The molecule has 1 aromatic rings. The highest BCUT2D eigenvalue weighted by Gasteiger charge is 2.28. The van der Waals surface area contributed by atoms with E-state index in [9.17, 15) is 4.79 Å². The van der Waals surface area contributed by atoms with Crippen LogP contribution in [0.3, 0.4) is 0 Å². The SMILES string of the molecule is Cc1sc(C(=O)N(C)C(C)C(C)(C)C)cc1N. The third-order valence-electron chi connectivity index (χ3n) is 3.32. The van der Waals surface area contributed by atoms with E-state index in [1.54, 1.807) is 11.0 Å². The summed E-state index contributed by atoms with van der Waals surface area (Å²) < 4.78 is 0. The minimum atomic E-state index is 0.0530. The smallest absolute Gasteiger partial charge is 0.264 e. The van der Waals surface area contributed by atoms with Crippen LogP contribution >= 0.6 is 11.3 Å². The first-order valence-electron chi connectivity index (χ1n) is 5.77. The van der Waals surface area contributed by atoms with E-state index in [4.69, 9.17) is 5.73 Å². The van der Waals surface area contributed by atoms with Crippen LogP contribution in [-0.2, 0) is 0 Å². The zero-order valence-electron chi connectivity index (χ0n) is 11.5. The normalized spacial score (nSPS) is 13.5. The fourth-order valence-electron chi connectivity index (χ4n) is 1.53. The maximum absolute atomic E-state index is 12.3. The number of nitrogens with two attached hydrogens (primary N) is 1. The van der Waals surface area contributed by atoms with Crippen molar-refractivity contribution in [3.63, 3.8) is 0 Å². The Kier molecular flexibility index (Phi) is 3.87. The van der Waals surface area contributed by atoms with E-state index in [0.717, 1.165) is 9.75 Å². The summed E-state index contributed by atoms with van der Waals surface area (Å²) in [6, 6.07) is 1.95. The summed E-state index contributed by atoms with van der Waals surface area (Å²) in [4.78, 5) is 15.8. The van der Waals surface area contributed by atoms with Gasteiger partial charge in [0.1, 0.15) is 0 Å². The lowest BCUT2D eigenvalue weighted by Gasteiger charge is -2.35. The first kappa shape index (κ1) is 14.0. The lowest BCUT2D eigenvalue weighted by Crippen LogP contribution is -2.42. The first-order valence-corrected chi connectivity index (χ1v) is 6.59. The Morgan fingerprint density at radius 3 is 2.35 bits per heavy atom. The van der Waals surface area contributed by atoms with E-state index in [1.807, 2.05) is 14.0 Å². The van der Waals surface area contributed by atoms with Crippen LogP contribution < -0.4 is 5.73 Å². The summed E-state index contributed by atoms with van der Waals surface area (Å²) in [6.07, 6.45) is 0. The van der Waals surface area contributed by atoms with Gasteiger partial charge in [-0.1, -0.05) is 20.8 Å². The molecule has 0 aromatic carbocycles. The molecule has 0 aliphatic heterocycles. The molecule has 0 aliphatic rings. The van der Waals surface area contributed by atoms with Crippen molar-refractivity contribution in [2.45, 2.75) is 40.7 Å². The fraction of sp³-hybridized carbons (Fsp3) is 0.615. The van der Waals surface area contributed by atoms with Crippen molar-refractivity contribution in [3.05, 3.63) is 15.8 Å². The molecule has 3 nitrogen and oxygen atoms in total. The number of carbonyl (C=O) groups excluding carboxylic acids is 1. The van der Waals surface area contributed by atoms with Gasteiger partial charge in [-0.2, -0.15) is 0 Å². The average Bonchev–Trinajstić information content (AvgIpc) is 2.54. The second-order valence-electron chi connectivity index (χ2n) is 5.58. The third kappa shape index (κ3) is 3.00. The quantitative estimate of drug-likeness (QED) is 0.881. The number of hydrogen-bond donors (Lipinski definition) is 1. The van der Waals surface area contributed by atoms with Crippen LogP contribution in [0.5, 0.6) is 0 Å². The Morgan fingerprint density at radius 2 is 2.00 bits per heavy atom. The molecular weight excluding hydrogens is 232 g/mol. The summed E-state index contributed by atoms with van der Waals surface area (Å²) in [7, 11) is 1.85. The second kappa shape index (κ2) is 4.69. The van der Waals surface area contributed by atoms with Crippen LogP contribution in [-0.4, -0.2) is 23.9 Å². The molecule has 1 rings (SSSR count). The van der Waals surface area contributed by atoms with Crippen molar-refractivity contribution in [2.75, 3.05) is 12.8 Å². The molecule has 0 bridgehead atoms. The Bertz CT molecular complexity index is 398. The third-order valence-corrected chi connectivity index (χ3v) is 4.38. The van der Waals surface area contributed by atoms with Crippen molar-refractivity contribution in [2.24, 2.45) is 5.41 Å². The molecule has 0 saturated heterocycles. The molecule has 1 heterocycles. The summed E-state index contributed by atoms with van der Waals surface area (Å²) >= 11 is 1.46. The van der Waals surface area contributed by atoms with Gasteiger partial charge in [-0.25, -0.2) is 0 Å². The maximum Gasteiger partial charge on any atom is 0.264 e. The Labute approximate surface area is 108 Å². The highest BCUT2D eigenvalue weighted by Crippen LogP contribution is 2.28. The lowest BCUT2D eigenvalue weighted by atomic mass is 9.87. The van der Waals surface area contributed by atoms with E-state index < -0.39 is 0 Å². The van der Waals surface area contributed by atoms with Gasteiger partial charge in [0.05, 0.1) is 4.88 Å². The van der Waals surface area contributed by atoms with Crippen LogP contribution in [0.15, 0.2) is 6.07 Å². The molecule has 17 heavy (non-hydrogen) atoms. The van der Waals surface area contributed by atoms with Crippen LogP contribution in [0.4, 0.5) is 5.69 Å². The molecule has 0 radical (unpaired) electrons. The topological polar surface area (TPSA) is 46.3 Å². The highest BCUT2D eigenvalue weighted by atomic mass is 32.1. The van der Waals surface area contributed by atoms with Crippen LogP contribution in [0.2, 0.25) is 0 Å². The van der Waals surface area contributed by atoms with Crippen molar-refractivity contribution in [3.8, 4) is 0 Å². The monoisotopic (exact) mass is 254 g/mol. The lowest BCUT2D eigenvalue weighted by molar-refractivity contribution is 0.0634. The molecule has 0 spiro atoms. The first-order chi connectivity index (χ1) is 7.64. The van der Waals surface area contributed by atoms with Gasteiger partial charge in [-0.15, -0.1) is 11.3 Å². The van der Waals surface area contributed by atoms with E-state index >= 15 is 0 Å². The van der Waals surface area contributed by atoms with Crippen molar-refractivity contribution in [1.29, 1.82) is 0 Å². The highest BCUT2D eigenvalue weighted by molar-refractivity contribution is 7.14. The van der Waals surface area contributed by atoms with Gasteiger partial charge in [0.15, 0.2) is 0 Å². The van der Waals surface area contributed by atoms with E-state index in [0.29, 0.717) is 5.69 Å². The standard InChI is InChI=1S/C13H22N2OS/c1-8-10(14)7-11(17-8)12(16)15(6)9(2)13(3,4)5/h7,9H,14H2,1-6H3. The minimum absolute atomic E-state index is 0.0530. The molecule has 1 amide bonds. The second-order valence-corrected chi connectivity index (χ2v) is 6.84. The van der Waals surface area contributed by atoms with Crippen LogP contribution in [0, 0.1) is 12.3 Å². The van der Waals surface area contributed by atoms with Crippen molar-refractivity contribution in [1.82, 2.24) is 4.90 Å². The Balaban J connectivity index is 2.91. The molecule has 0 saturated carbocycles. The molecule has 4 heteroatoms. The molecule has 0 aliphatic carbocycles. The fourth-order valence-corrected chi connectivity index (χ4v) is 2.46. The molecule has 1 atom stereocenters. The van der Waals surface area contributed by atoms with Crippen molar-refractivity contribution < 1.29 is 4.79 Å². The number of hydrogen-bond acceptors (Lipinski definition) is 3. The number of aryl methyl sites for hydroxylation is 1. The summed E-state index contributed by atoms with van der Waals surface area (Å²) in [5, 5.41) is 0. The average molecular weight is 254 g/mol. The zero-order valence-corrected chi connectivity index (χ0v) is 12.3. The summed E-state index contributed by atoms with van der Waals surface area (Å²) in [5.41, 5.74) is 6.56. The molecule has 1 unspecified atom stereocenters. The number of thiophene rings is 1. The molecular formula is C13H22N2OS. The van der Waals surface area contributed by atoms with Gasteiger partial charge < -0.3 is 10.6 Å². The number of rotatable bonds is 2. The van der Waals surface area contributed by atoms with E-state index in [-0.39, 0.29) is 17.4 Å². The number of nitrogens with zero attached hydrogens (tertiary/aromatic N) is 1. The predicted molar refractivity (Wildman–Crippen MR) is 74.5 cm³/mol. The molecule has 1 aromatic heterocycles. The van der Waals surface area contributed by atoms with Gasteiger partial charge in [0.25, 0.3) is 5.91 Å². The maximum atomic E-state index is 12.3. The molecule has 0 fully saturated rings.